The highest BCUT2D eigenvalue weighted by Crippen LogP contribution is 2.27. The second-order valence-electron chi connectivity index (χ2n) is 5.64. The SMILES string of the molecule is CCOC(=O)c1ccc(Cc2cc(Cl)ccc2OCc2cc(C)no2)o1. The van der Waals surface area contributed by atoms with Gasteiger partial charge in [-0.05, 0) is 44.2 Å². The average molecular weight is 376 g/mol. The minimum Gasteiger partial charge on any atom is -0.485 e. The minimum atomic E-state index is -0.484. The number of hydrogen-bond acceptors (Lipinski definition) is 6. The van der Waals surface area contributed by atoms with Crippen LogP contribution in [0.2, 0.25) is 5.02 Å². The van der Waals surface area contributed by atoms with Gasteiger partial charge in [-0.15, -0.1) is 0 Å². The van der Waals surface area contributed by atoms with Crippen molar-refractivity contribution in [3.63, 3.8) is 0 Å². The normalized spacial score (nSPS) is 10.7. The van der Waals surface area contributed by atoms with E-state index in [2.05, 4.69) is 5.16 Å². The van der Waals surface area contributed by atoms with Gasteiger partial charge < -0.3 is 18.4 Å². The largest absolute Gasteiger partial charge is 0.485 e. The first-order chi connectivity index (χ1) is 12.5. The van der Waals surface area contributed by atoms with Crippen molar-refractivity contribution in [2.24, 2.45) is 0 Å². The van der Waals surface area contributed by atoms with E-state index in [9.17, 15) is 4.79 Å². The van der Waals surface area contributed by atoms with E-state index >= 15 is 0 Å². The van der Waals surface area contributed by atoms with Crippen LogP contribution in [0, 0.1) is 6.92 Å². The van der Waals surface area contributed by atoms with Crippen LogP contribution in [0.4, 0.5) is 0 Å². The lowest BCUT2D eigenvalue weighted by atomic mass is 10.1. The van der Waals surface area contributed by atoms with Crippen LogP contribution in [-0.4, -0.2) is 17.7 Å². The third-order valence-electron chi connectivity index (χ3n) is 3.57. The Hall–Kier alpha value is -2.73. The van der Waals surface area contributed by atoms with Gasteiger partial charge in [0.05, 0.1) is 12.3 Å². The lowest BCUT2D eigenvalue weighted by Gasteiger charge is -2.10. The van der Waals surface area contributed by atoms with Crippen LogP contribution in [0.1, 0.15) is 40.3 Å². The second kappa shape index (κ2) is 8.10. The van der Waals surface area contributed by atoms with Crippen molar-refractivity contribution in [2.45, 2.75) is 26.9 Å². The second-order valence-corrected chi connectivity index (χ2v) is 6.07. The van der Waals surface area contributed by atoms with E-state index in [0.717, 1.165) is 11.3 Å². The Morgan fingerprint density at radius 3 is 2.77 bits per heavy atom. The zero-order chi connectivity index (χ0) is 18.5. The van der Waals surface area contributed by atoms with Gasteiger partial charge in [0.15, 0.2) is 5.76 Å². The van der Waals surface area contributed by atoms with Crippen molar-refractivity contribution >= 4 is 17.6 Å². The van der Waals surface area contributed by atoms with E-state index in [-0.39, 0.29) is 12.4 Å². The smallest absolute Gasteiger partial charge is 0.374 e. The molecule has 136 valence electrons. The summed E-state index contributed by atoms with van der Waals surface area (Å²) in [4.78, 5) is 11.7. The van der Waals surface area contributed by atoms with Crippen LogP contribution in [0.5, 0.6) is 5.75 Å². The molecule has 26 heavy (non-hydrogen) atoms. The molecule has 6 nitrogen and oxygen atoms in total. The maximum Gasteiger partial charge on any atom is 0.374 e. The van der Waals surface area contributed by atoms with Crippen molar-refractivity contribution in [3.8, 4) is 5.75 Å². The monoisotopic (exact) mass is 375 g/mol. The molecule has 0 spiro atoms. The molecule has 0 saturated heterocycles. The van der Waals surface area contributed by atoms with E-state index in [1.165, 1.54) is 0 Å². The fourth-order valence-corrected chi connectivity index (χ4v) is 2.63. The molecule has 0 atom stereocenters. The van der Waals surface area contributed by atoms with Crippen molar-refractivity contribution in [1.82, 2.24) is 5.16 Å². The van der Waals surface area contributed by atoms with Gasteiger partial charge in [-0.25, -0.2) is 4.79 Å². The zero-order valence-corrected chi connectivity index (χ0v) is 15.2. The predicted molar refractivity (Wildman–Crippen MR) is 94.5 cm³/mol. The van der Waals surface area contributed by atoms with E-state index in [1.54, 1.807) is 37.3 Å². The number of aromatic nitrogens is 1. The Balaban J connectivity index is 1.74. The molecule has 0 saturated carbocycles. The third kappa shape index (κ3) is 4.46. The number of aryl methyl sites for hydroxylation is 1. The van der Waals surface area contributed by atoms with E-state index in [0.29, 0.717) is 35.3 Å². The molecule has 0 fully saturated rings. The molecule has 0 aliphatic carbocycles. The van der Waals surface area contributed by atoms with Crippen molar-refractivity contribution in [1.29, 1.82) is 0 Å². The van der Waals surface area contributed by atoms with Gasteiger partial charge in [0.25, 0.3) is 0 Å². The number of halogens is 1. The average Bonchev–Trinajstić information content (AvgIpc) is 3.23. The van der Waals surface area contributed by atoms with E-state index < -0.39 is 5.97 Å². The molecule has 0 amide bonds. The van der Waals surface area contributed by atoms with Crippen LogP contribution in [0.25, 0.3) is 0 Å². The number of benzene rings is 1. The molecule has 2 aromatic heterocycles. The quantitative estimate of drug-likeness (QED) is 0.563. The molecule has 0 aliphatic heterocycles. The minimum absolute atomic E-state index is 0.170. The Morgan fingerprint density at radius 1 is 1.19 bits per heavy atom. The summed E-state index contributed by atoms with van der Waals surface area (Å²) < 4.78 is 21.5. The maximum atomic E-state index is 11.7. The summed E-state index contributed by atoms with van der Waals surface area (Å²) in [7, 11) is 0. The molecule has 3 aromatic rings. The first-order valence-corrected chi connectivity index (χ1v) is 8.52. The Labute approximate surface area is 155 Å². The molecule has 3 rings (SSSR count). The topological polar surface area (TPSA) is 74.7 Å². The summed E-state index contributed by atoms with van der Waals surface area (Å²) in [6.45, 7) is 4.14. The number of furan rings is 1. The highest BCUT2D eigenvalue weighted by Gasteiger charge is 2.14. The van der Waals surface area contributed by atoms with Gasteiger partial charge in [0.1, 0.15) is 18.1 Å². The summed E-state index contributed by atoms with van der Waals surface area (Å²) in [6.07, 6.45) is 0.421. The van der Waals surface area contributed by atoms with Crippen LogP contribution < -0.4 is 4.74 Å². The molecule has 7 heteroatoms. The molecular formula is C19H18ClNO5. The molecular weight excluding hydrogens is 358 g/mol. The Morgan fingerprint density at radius 2 is 2.04 bits per heavy atom. The van der Waals surface area contributed by atoms with Crippen molar-refractivity contribution < 1.29 is 23.2 Å². The molecule has 0 radical (unpaired) electrons. The highest BCUT2D eigenvalue weighted by atomic mass is 35.5. The summed E-state index contributed by atoms with van der Waals surface area (Å²) >= 11 is 6.11. The first kappa shape index (κ1) is 18.1. The van der Waals surface area contributed by atoms with Crippen molar-refractivity contribution in [2.75, 3.05) is 6.61 Å². The number of ether oxygens (including phenoxy) is 2. The molecule has 0 aliphatic rings. The zero-order valence-electron chi connectivity index (χ0n) is 14.5. The van der Waals surface area contributed by atoms with Crippen LogP contribution >= 0.6 is 11.6 Å². The number of nitrogens with zero attached hydrogens (tertiary/aromatic N) is 1. The molecule has 1 aromatic carbocycles. The van der Waals surface area contributed by atoms with Crippen molar-refractivity contribution in [3.05, 3.63) is 70.0 Å². The molecule has 0 N–H and O–H groups in total. The molecule has 0 unspecified atom stereocenters. The summed E-state index contributed by atoms with van der Waals surface area (Å²) in [5, 5.41) is 4.42. The summed E-state index contributed by atoms with van der Waals surface area (Å²) in [6, 6.07) is 10.5. The summed E-state index contributed by atoms with van der Waals surface area (Å²) in [5.41, 5.74) is 1.63. The molecule has 2 heterocycles. The molecule has 0 bridgehead atoms. The van der Waals surface area contributed by atoms with Gasteiger partial charge in [-0.1, -0.05) is 16.8 Å². The van der Waals surface area contributed by atoms with E-state index in [4.69, 9.17) is 30.0 Å². The number of hydrogen-bond donors (Lipinski definition) is 0. The van der Waals surface area contributed by atoms with Gasteiger partial charge in [-0.3, -0.25) is 0 Å². The summed E-state index contributed by atoms with van der Waals surface area (Å²) in [5.74, 6) is 1.57. The maximum absolute atomic E-state index is 11.7. The van der Waals surface area contributed by atoms with Gasteiger partial charge in [0.2, 0.25) is 5.76 Å². The lowest BCUT2D eigenvalue weighted by molar-refractivity contribution is 0.0488. The van der Waals surface area contributed by atoms with Gasteiger partial charge in [0, 0.05) is 23.1 Å². The fraction of sp³-hybridized carbons (Fsp3) is 0.263. The predicted octanol–water partition coefficient (Wildman–Crippen LogP) is 4.58. The van der Waals surface area contributed by atoms with Gasteiger partial charge >= 0.3 is 5.97 Å². The van der Waals surface area contributed by atoms with Gasteiger partial charge in [-0.2, -0.15) is 0 Å². The number of carbonyl (C=O) groups is 1. The fourth-order valence-electron chi connectivity index (χ4n) is 2.43. The van der Waals surface area contributed by atoms with Crippen LogP contribution in [-0.2, 0) is 17.8 Å². The number of carbonyl (C=O) groups excluding carboxylic acids is 1. The first-order valence-electron chi connectivity index (χ1n) is 8.14. The number of esters is 1. The van der Waals surface area contributed by atoms with E-state index in [1.807, 2.05) is 13.0 Å². The Bertz CT molecular complexity index is 899. The highest BCUT2D eigenvalue weighted by molar-refractivity contribution is 6.30. The van der Waals surface area contributed by atoms with Crippen LogP contribution in [0.15, 0.2) is 45.3 Å². The lowest BCUT2D eigenvalue weighted by Crippen LogP contribution is -2.02. The third-order valence-corrected chi connectivity index (χ3v) is 3.81. The Kier molecular flexibility index (Phi) is 5.63. The van der Waals surface area contributed by atoms with Crippen LogP contribution in [0.3, 0.4) is 0 Å². The standard InChI is InChI=1S/C19H18ClNO5/c1-3-23-19(22)18-7-5-15(25-18)10-13-9-14(20)4-6-17(13)24-11-16-8-12(2)21-26-16/h4-9H,3,10-11H2,1-2H3. The number of rotatable bonds is 7.